The summed E-state index contributed by atoms with van der Waals surface area (Å²) >= 11 is 0. The van der Waals surface area contributed by atoms with Crippen molar-refractivity contribution < 1.29 is 0 Å². The van der Waals surface area contributed by atoms with Crippen LogP contribution in [0.3, 0.4) is 0 Å². The third-order valence-electron chi connectivity index (χ3n) is 3.53. The summed E-state index contributed by atoms with van der Waals surface area (Å²) in [5.41, 5.74) is 0. The Morgan fingerprint density at radius 3 is 2.53 bits per heavy atom. The molecule has 2 nitrogen and oxygen atoms in total. The SMILES string of the molecule is CCNCC(C)C(C)CCCNC1CC1. The number of hydrogen-bond donors (Lipinski definition) is 2. The quantitative estimate of drug-likeness (QED) is 0.574. The molecule has 0 bridgehead atoms. The van der Waals surface area contributed by atoms with Crippen LogP contribution in [0.1, 0.15) is 46.5 Å². The Kier molecular flexibility index (Phi) is 6.26. The molecule has 2 heteroatoms. The molecule has 2 atom stereocenters. The van der Waals surface area contributed by atoms with Gasteiger partial charge in [0.15, 0.2) is 0 Å². The highest BCUT2D eigenvalue weighted by Gasteiger charge is 2.19. The first-order valence-corrected chi connectivity index (χ1v) is 6.68. The molecular formula is C13H28N2. The van der Waals surface area contributed by atoms with Crippen LogP contribution in [0.15, 0.2) is 0 Å². The van der Waals surface area contributed by atoms with Crippen LogP contribution < -0.4 is 10.6 Å². The molecule has 2 N–H and O–H groups in total. The average Bonchev–Trinajstić information content (AvgIpc) is 3.04. The fourth-order valence-corrected chi connectivity index (χ4v) is 1.88. The van der Waals surface area contributed by atoms with Crippen molar-refractivity contribution in [2.24, 2.45) is 11.8 Å². The van der Waals surface area contributed by atoms with Gasteiger partial charge in [0, 0.05) is 6.04 Å². The molecule has 0 saturated heterocycles. The standard InChI is InChI=1S/C13H28N2/c1-4-14-10-12(3)11(2)6-5-9-15-13-7-8-13/h11-15H,4-10H2,1-3H3. The van der Waals surface area contributed by atoms with Crippen molar-refractivity contribution >= 4 is 0 Å². The van der Waals surface area contributed by atoms with Gasteiger partial charge in [-0.15, -0.1) is 0 Å². The molecule has 15 heavy (non-hydrogen) atoms. The van der Waals surface area contributed by atoms with Gasteiger partial charge < -0.3 is 10.6 Å². The van der Waals surface area contributed by atoms with Gasteiger partial charge >= 0.3 is 0 Å². The van der Waals surface area contributed by atoms with E-state index in [1.807, 2.05) is 0 Å². The molecular weight excluding hydrogens is 184 g/mol. The third kappa shape index (κ3) is 6.16. The Hall–Kier alpha value is -0.0800. The van der Waals surface area contributed by atoms with Crippen molar-refractivity contribution in [3.05, 3.63) is 0 Å². The van der Waals surface area contributed by atoms with Crippen molar-refractivity contribution in [2.75, 3.05) is 19.6 Å². The van der Waals surface area contributed by atoms with Gasteiger partial charge in [0.2, 0.25) is 0 Å². The molecule has 1 saturated carbocycles. The number of rotatable bonds is 9. The fourth-order valence-electron chi connectivity index (χ4n) is 1.88. The predicted octanol–water partition coefficient (Wildman–Crippen LogP) is 2.40. The Balaban J connectivity index is 1.92. The fraction of sp³-hybridized carbons (Fsp3) is 1.00. The van der Waals surface area contributed by atoms with Crippen LogP contribution >= 0.6 is 0 Å². The van der Waals surface area contributed by atoms with E-state index in [1.54, 1.807) is 0 Å². The summed E-state index contributed by atoms with van der Waals surface area (Å²) in [6.45, 7) is 10.4. The van der Waals surface area contributed by atoms with E-state index < -0.39 is 0 Å². The maximum Gasteiger partial charge on any atom is 0.00682 e. The van der Waals surface area contributed by atoms with Gasteiger partial charge in [-0.1, -0.05) is 20.8 Å². The molecule has 2 unspecified atom stereocenters. The van der Waals surface area contributed by atoms with Crippen molar-refractivity contribution in [3.8, 4) is 0 Å². The summed E-state index contributed by atoms with van der Waals surface area (Å²) in [4.78, 5) is 0. The van der Waals surface area contributed by atoms with E-state index in [1.165, 1.54) is 38.8 Å². The third-order valence-corrected chi connectivity index (χ3v) is 3.53. The molecule has 0 spiro atoms. The van der Waals surface area contributed by atoms with Gasteiger partial charge in [-0.25, -0.2) is 0 Å². The normalized spacial score (nSPS) is 20.2. The Bertz CT molecular complexity index is 155. The molecule has 90 valence electrons. The lowest BCUT2D eigenvalue weighted by Gasteiger charge is -2.20. The summed E-state index contributed by atoms with van der Waals surface area (Å²) in [7, 11) is 0. The first-order chi connectivity index (χ1) is 7.24. The highest BCUT2D eigenvalue weighted by molar-refractivity contribution is 4.80. The first kappa shape index (κ1) is 13.0. The van der Waals surface area contributed by atoms with Crippen molar-refractivity contribution in [3.63, 3.8) is 0 Å². The second-order valence-corrected chi connectivity index (χ2v) is 5.13. The summed E-state index contributed by atoms with van der Waals surface area (Å²) in [6.07, 6.45) is 5.53. The Morgan fingerprint density at radius 2 is 1.93 bits per heavy atom. The van der Waals surface area contributed by atoms with Crippen LogP contribution in [0, 0.1) is 11.8 Å². The zero-order valence-electron chi connectivity index (χ0n) is 10.7. The van der Waals surface area contributed by atoms with Crippen LogP contribution in [0.2, 0.25) is 0 Å². The lowest BCUT2D eigenvalue weighted by molar-refractivity contribution is 0.340. The monoisotopic (exact) mass is 212 g/mol. The Morgan fingerprint density at radius 1 is 1.20 bits per heavy atom. The van der Waals surface area contributed by atoms with E-state index >= 15 is 0 Å². The molecule has 0 aliphatic heterocycles. The van der Waals surface area contributed by atoms with Gasteiger partial charge in [-0.05, 0) is 57.2 Å². The highest BCUT2D eigenvalue weighted by atomic mass is 14.9. The smallest absolute Gasteiger partial charge is 0.00682 e. The van der Waals surface area contributed by atoms with Crippen LogP contribution in [-0.2, 0) is 0 Å². The molecule has 1 fully saturated rings. The first-order valence-electron chi connectivity index (χ1n) is 6.68. The molecule has 1 aliphatic carbocycles. The molecule has 0 radical (unpaired) electrons. The molecule has 0 amide bonds. The van der Waals surface area contributed by atoms with Crippen LogP contribution in [0.25, 0.3) is 0 Å². The van der Waals surface area contributed by atoms with Crippen molar-refractivity contribution in [1.29, 1.82) is 0 Å². The maximum atomic E-state index is 3.58. The minimum Gasteiger partial charge on any atom is -0.317 e. The summed E-state index contributed by atoms with van der Waals surface area (Å²) in [5, 5.41) is 7.01. The highest BCUT2D eigenvalue weighted by Crippen LogP contribution is 2.19. The second-order valence-electron chi connectivity index (χ2n) is 5.13. The van der Waals surface area contributed by atoms with Crippen molar-refractivity contribution in [1.82, 2.24) is 10.6 Å². The van der Waals surface area contributed by atoms with E-state index in [4.69, 9.17) is 0 Å². The van der Waals surface area contributed by atoms with E-state index in [0.717, 1.165) is 24.4 Å². The van der Waals surface area contributed by atoms with Gasteiger partial charge in [0.05, 0.1) is 0 Å². The minimum atomic E-state index is 0.811. The molecule has 0 aromatic rings. The van der Waals surface area contributed by atoms with E-state index in [-0.39, 0.29) is 0 Å². The van der Waals surface area contributed by atoms with Gasteiger partial charge in [-0.3, -0.25) is 0 Å². The van der Waals surface area contributed by atoms with E-state index in [0.29, 0.717) is 0 Å². The van der Waals surface area contributed by atoms with Crippen molar-refractivity contribution in [2.45, 2.75) is 52.5 Å². The zero-order valence-corrected chi connectivity index (χ0v) is 10.7. The topological polar surface area (TPSA) is 24.1 Å². The molecule has 0 aromatic heterocycles. The summed E-state index contributed by atoms with van der Waals surface area (Å²) < 4.78 is 0. The maximum absolute atomic E-state index is 3.58. The van der Waals surface area contributed by atoms with Crippen LogP contribution in [0.5, 0.6) is 0 Å². The summed E-state index contributed by atoms with van der Waals surface area (Å²) in [6, 6.07) is 0.875. The Labute approximate surface area is 95.2 Å². The summed E-state index contributed by atoms with van der Waals surface area (Å²) in [5.74, 6) is 1.66. The molecule has 0 aromatic carbocycles. The molecule has 1 rings (SSSR count). The average molecular weight is 212 g/mol. The number of nitrogens with one attached hydrogen (secondary N) is 2. The van der Waals surface area contributed by atoms with Gasteiger partial charge in [0.1, 0.15) is 0 Å². The largest absolute Gasteiger partial charge is 0.317 e. The predicted molar refractivity (Wildman–Crippen MR) is 67.1 cm³/mol. The lowest BCUT2D eigenvalue weighted by atomic mass is 9.91. The molecule has 0 heterocycles. The zero-order chi connectivity index (χ0) is 11.1. The van der Waals surface area contributed by atoms with Gasteiger partial charge in [0.25, 0.3) is 0 Å². The van der Waals surface area contributed by atoms with E-state index in [2.05, 4.69) is 31.4 Å². The second kappa shape index (κ2) is 7.24. The minimum absolute atomic E-state index is 0.811. The number of hydrogen-bond acceptors (Lipinski definition) is 2. The van der Waals surface area contributed by atoms with Crippen LogP contribution in [-0.4, -0.2) is 25.7 Å². The molecule has 1 aliphatic rings. The van der Waals surface area contributed by atoms with Gasteiger partial charge in [-0.2, -0.15) is 0 Å². The van der Waals surface area contributed by atoms with Crippen LogP contribution in [0.4, 0.5) is 0 Å². The van der Waals surface area contributed by atoms with E-state index in [9.17, 15) is 0 Å². The lowest BCUT2D eigenvalue weighted by Crippen LogP contribution is -2.25.